The van der Waals surface area contributed by atoms with Crippen LogP contribution < -0.4 is 15.8 Å². The minimum Gasteiger partial charge on any atom is -0.477 e. The van der Waals surface area contributed by atoms with Crippen molar-refractivity contribution in [2.45, 2.75) is 204 Å². The van der Waals surface area contributed by atoms with Crippen molar-refractivity contribution in [3.05, 3.63) is 45.7 Å². The molecule has 6 N–H and O–H groups in total. The molecule has 1 aromatic heterocycles. The van der Waals surface area contributed by atoms with Gasteiger partial charge in [-0.15, -0.1) is 0 Å². The number of carboxylic acid groups (broad SMARTS) is 1. The third-order valence-corrected chi connectivity index (χ3v) is 16.9. The smallest absolute Gasteiger partial charge is 0.341 e. The van der Waals surface area contributed by atoms with Crippen LogP contribution in [-0.4, -0.2) is 223 Å². The molecule has 2 aromatic rings. The number of carbonyl (C=O) groups is 3. The molecule has 0 bridgehead atoms. The molecule has 0 unspecified atom stereocenters. The fourth-order valence-corrected chi connectivity index (χ4v) is 12.1. The lowest BCUT2D eigenvalue weighted by atomic mass is 9.77. The van der Waals surface area contributed by atoms with Gasteiger partial charge in [0.25, 0.3) is 0 Å². The Labute approximate surface area is 473 Å². The molecule has 18 atom stereocenters. The van der Waals surface area contributed by atoms with Gasteiger partial charge in [-0.2, -0.15) is 0 Å². The molecule has 0 radical (unpaired) electrons. The molecule has 80 heavy (non-hydrogen) atoms. The average Bonchev–Trinajstić information content (AvgIpc) is 3.38. The Morgan fingerprint density at radius 1 is 0.912 bits per heavy atom. The average molecular weight is 1140 g/mol. The van der Waals surface area contributed by atoms with Crippen molar-refractivity contribution < 1.29 is 77.8 Å². The van der Waals surface area contributed by atoms with Crippen molar-refractivity contribution in [2.75, 3.05) is 80.3 Å². The minimum absolute atomic E-state index is 0.0362. The maximum Gasteiger partial charge on any atom is 0.341 e. The van der Waals surface area contributed by atoms with E-state index in [0.29, 0.717) is 43.3 Å². The van der Waals surface area contributed by atoms with Gasteiger partial charge in [0.15, 0.2) is 12.6 Å². The van der Waals surface area contributed by atoms with Gasteiger partial charge in [-0.05, 0) is 125 Å². The lowest BCUT2D eigenvalue weighted by Crippen LogP contribution is -2.64. The predicted octanol–water partition coefficient (Wildman–Crippen LogP) is 3.29. The fourth-order valence-electron chi connectivity index (χ4n) is 12.1. The van der Waals surface area contributed by atoms with Gasteiger partial charge in [0.05, 0.1) is 72.9 Å². The molecule has 22 heteroatoms. The number of rotatable bonds is 20. The van der Waals surface area contributed by atoms with Crippen LogP contribution in [0.25, 0.3) is 10.9 Å². The molecule has 0 aliphatic carbocycles. The Morgan fingerprint density at radius 3 is 2.19 bits per heavy atom. The zero-order valence-corrected chi connectivity index (χ0v) is 50.4. The van der Waals surface area contributed by atoms with Crippen LogP contribution in [0.4, 0.5) is 0 Å². The van der Waals surface area contributed by atoms with Crippen molar-refractivity contribution in [2.24, 2.45) is 17.8 Å². The SMILES string of the molecule is CC[C@H]1OC(=O)[C@H](C)[C@@H](O[C@H]2C[C@@](C)(OC)[C@H](NC(=O)CCOCCOCCCc3ccc4c(c3)c(=O)c(C(=O)O)cn4N(C)C)[C@H](C)O2)[C@H](C)[C@@H](O[C@@H]2O[C@H](C)C[C@H](N(C)C)[C@H]2O)[C@](C)(O)C[C@@H](C)CN(C)[C@H](C)[C@@H](O)[C@]1(C)O. The quantitative estimate of drug-likeness (QED) is 0.0820. The number of amides is 1. The summed E-state index contributed by atoms with van der Waals surface area (Å²) in [5.41, 5.74) is -3.91. The van der Waals surface area contributed by atoms with Crippen LogP contribution in [0.2, 0.25) is 0 Å². The maximum atomic E-state index is 14.6. The number of esters is 1. The van der Waals surface area contributed by atoms with Gasteiger partial charge in [0.1, 0.15) is 29.5 Å². The molecule has 3 aliphatic rings. The second-order valence-corrected chi connectivity index (χ2v) is 24.1. The lowest BCUT2D eigenvalue weighted by molar-refractivity contribution is -0.311. The van der Waals surface area contributed by atoms with Gasteiger partial charge in [-0.3, -0.25) is 19.1 Å². The minimum atomic E-state index is -1.86. The van der Waals surface area contributed by atoms with Gasteiger partial charge in [0.2, 0.25) is 11.3 Å². The Kier molecular flexibility index (Phi) is 23.9. The summed E-state index contributed by atoms with van der Waals surface area (Å²) in [7, 11) is 10.6. The number of pyridine rings is 1. The Bertz CT molecular complexity index is 2400. The summed E-state index contributed by atoms with van der Waals surface area (Å²) in [5, 5.41) is 62.9. The molecule has 22 nitrogen and oxygen atoms in total. The van der Waals surface area contributed by atoms with E-state index in [4.69, 9.17) is 37.9 Å². The van der Waals surface area contributed by atoms with Gasteiger partial charge in [-0.25, -0.2) is 4.79 Å². The normalized spacial score (nSPS) is 36.3. The summed E-state index contributed by atoms with van der Waals surface area (Å²) in [6.07, 6.45) is -5.35. The number of ether oxygens (including phenoxy) is 8. The number of cyclic esters (lactones) is 1. The molecule has 3 aliphatic heterocycles. The third kappa shape index (κ3) is 16.3. The number of hydrogen-bond donors (Lipinski definition) is 6. The van der Waals surface area contributed by atoms with Crippen molar-refractivity contribution in [3.8, 4) is 0 Å². The number of benzene rings is 1. The second-order valence-electron chi connectivity index (χ2n) is 24.1. The molecule has 0 saturated carbocycles. The van der Waals surface area contributed by atoms with Crippen molar-refractivity contribution in [3.63, 3.8) is 0 Å². The van der Waals surface area contributed by atoms with Crippen LogP contribution >= 0.6 is 0 Å². The van der Waals surface area contributed by atoms with E-state index < -0.39 is 107 Å². The highest BCUT2D eigenvalue weighted by Gasteiger charge is 2.53. The maximum absolute atomic E-state index is 14.6. The van der Waals surface area contributed by atoms with Crippen molar-refractivity contribution in [1.29, 1.82) is 0 Å². The van der Waals surface area contributed by atoms with Crippen LogP contribution in [0.1, 0.15) is 124 Å². The van der Waals surface area contributed by atoms with Crippen molar-refractivity contribution >= 4 is 28.7 Å². The van der Waals surface area contributed by atoms with Gasteiger partial charge in [0, 0.05) is 76.8 Å². The molecule has 1 aromatic carbocycles. The number of aryl methyl sites for hydroxylation is 1. The number of aliphatic hydroxyl groups excluding tert-OH is 2. The van der Waals surface area contributed by atoms with E-state index in [0.717, 1.165) is 5.56 Å². The molecular weight excluding hydrogens is 1040 g/mol. The fraction of sp³-hybridized carbons (Fsp3) is 0.793. The number of aliphatic hydroxyl groups is 4. The molecule has 0 spiro atoms. The molecule has 3 fully saturated rings. The molecular formula is C58H97N5O17. The number of methoxy groups -OCH3 is 1. The highest BCUT2D eigenvalue weighted by Crippen LogP contribution is 2.40. The third-order valence-electron chi connectivity index (χ3n) is 16.9. The van der Waals surface area contributed by atoms with E-state index in [2.05, 4.69) is 5.32 Å². The molecule has 4 heterocycles. The van der Waals surface area contributed by atoms with Gasteiger partial charge < -0.3 is 83.6 Å². The number of carbonyl (C=O) groups excluding carboxylic acids is 2. The molecule has 5 rings (SSSR count). The Balaban J connectivity index is 1.26. The molecule has 456 valence electrons. The van der Waals surface area contributed by atoms with Crippen LogP contribution in [0.5, 0.6) is 0 Å². The molecule has 1 amide bonds. The van der Waals surface area contributed by atoms with Crippen LogP contribution in [0.3, 0.4) is 0 Å². The number of nitrogens with one attached hydrogen (secondary N) is 1. The first-order valence-corrected chi connectivity index (χ1v) is 28.5. The monoisotopic (exact) mass is 1140 g/mol. The number of carboxylic acids is 1. The zero-order valence-electron chi connectivity index (χ0n) is 50.4. The van der Waals surface area contributed by atoms with Crippen molar-refractivity contribution in [1.82, 2.24) is 19.8 Å². The number of likely N-dealkylation sites (N-methyl/N-ethyl adjacent to an activating group) is 2. The Morgan fingerprint density at radius 2 is 1.57 bits per heavy atom. The largest absolute Gasteiger partial charge is 0.477 e. The van der Waals surface area contributed by atoms with Crippen LogP contribution in [-0.2, 0) is 53.9 Å². The number of aromatic nitrogens is 1. The van der Waals surface area contributed by atoms with E-state index in [1.54, 1.807) is 64.5 Å². The van der Waals surface area contributed by atoms with E-state index >= 15 is 0 Å². The number of nitrogens with zero attached hydrogens (tertiary/aromatic N) is 4. The van der Waals surface area contributed by atoms with Crippen LogP contribution in [0, 0.1) is 17.8 Å². The summed E-state index contributed by atoms with van der Waals surface area (Å²) in [6, 6.07) is 3.89. The number of fused-ring (bicyclic) bond motifs is 1. The summed E-state index contributed by atoms with van der Waals surface area (Å²) in [5.74, 6) is -4.43. The highest BCUT2D eigenvalue weighted by atomic mass is 16.7. The molecule has 3 saturated heterocycles. The summed E-state index contributed by atoms with van der Waals surface area (Å²) >= 11 is 0. The first-order chi connectivity index (χ1) is 37.4. The topological polar surface area (TPSA) is 270 Å². The van der Waals surface area contributed by atoms with Gasteiger partial charge >= 0.3 is 11.9 Å². The first kappa shape index (κ1) is 66.9. The number of aromatic carboxylic acids is 1. The summed E-state index contributed by atoms with van der Waals surface area (Å²) in [6.45, 7) is 19.1. The second kappa shape index (κ2) is 28.6. The first-order valence-electron chi connectivity index (χ1n) is 28.5. The lowest BCUT2D eigenvalue weighted by Gasteiger charge is -2.49. The number of hydrogen-bond acceptors (Lipinski definition) is 19. The summed E-state index contributed by atoms with van der Waals surface area (Å²) in [4.78, 5) is 56.7. The van der Waals surface area contributed by atoms with Crippen LogP contribution in [0.15, 0.2) is 29.2 Å². The zero-order chi connectivity index (χ0) is 59.8. The Hall–Kier alpha value is -3.88. The van der Waals surface area contributed by atoms with E-state index in [1.165, 1.54) is 20.2 Å². The summed E-state index contributed by atoms with van der Waals surface area (Å²) < 4.78 is 52.1. The van der Waals surface area contributed by atoms with E-state index in [9.17, 15) is 44.7 Å². The predicted molar refractivity (Wildman–Crippen MR) is 300 cm³/mol. The highest BCUT2D eigenvalue weighted by molar-refractivity contribution is 5.92. The standard InChI is InChI=1S/C58H97N5O17/c1-17-44-58(10,72)51(67)37(6)62(15)31-33(2)29-56(8,71)52(80-55-48(66)43(60(11)12)27-34(3)76-55)35(4)49(36(5)54(70)78-44)79-46-30-57(9,73-16)50(38(7)77-46)59-45(64)22-24-75-26-25-74-23-18-19-39-20-21-42-40(28-39)47(65)41(53(68)69)32-63(42)61(13)14/h20-21,28,32-38,43-44,46,48-52,55,66-67,71-72H,17-19,22-27,29-31H2,1-16H3,(H,59,64)(H,68,69)/t33-,34-,35+,36-,37-,38+,43+,44-,46+,48-,49+,50-,51-,52-,55+,56-,57-,58-/m1/s1. The van der Waals surface area contributed by atoms with Gasteiger partial charge in [-0.1, -0.05) is 26.8 Å². The van der Waals surface area contributed by atoms with E-state index in [1.807, 2.05) is 70.8 Å². The van der Waals surface area contributed by atoms with E-state index in [-0.39, 0.29) is 75.0 Å².